The number of nitrogens with zero attached hydrogens (tertiary/aromatic N) is 3. The van der Waals surface area contributed by atoms with E-state index in [-0.39, 0.29) is 6.61 Å². The minimum atomic E-state index is -0.0244. The van der Waals surface area contributed by atoms with Crippen molar-refractivity contribution in [2.75, 3.05) is 23.8 Å². The van der Waals surface area contributed by atoms with Gasteiger partial charge >= 0.3 is 0 Å². The van der Waals surface area contributed by atoms with Crippen LogP contribution in [0.2, 0.25) is 10.0 Å². The largest absolute Gasteiger partial charge is 0.395 e. The summed E-state index contributed by atoms with van der Waals surface area (Å²) in [6.07, 6.45) is 3.41. The number of aliphatic hydroxyl groups excluding tert-OH is 1. The van der Waals surface area contributed by atoms with E-state index in [1.165, 1.54) is 0 Å². The molecular formula is C17H15Cl2N5O. The summed E-state index contributed by atoms with van der Waals surface area (Å²) in [5.74, 6) is 0.925. The third-order valence-electron chi connectivity index (χ3n) is 3.27. The lowest BCUT2D eigenvalue weighted by Gasteiger charge is -2.12. The summed E-state index contributed by atoms with van der Waals surface area (Å²) in [4.78, 5) is 13.0. The van der Waals surface area contributed by atoms with Crippen LogP contribution in [0.3, 0.4) is 0 Å². The molecule has 3 aromatic rings. The van der Waals surface area contributed by atoms with E-state index in [1.807, 2.05) is 12.1 Å². The average molecular weight is 376 g/mol. The van der Waals surface area contributed by atoms with E-state index in [9.17, 15) is 0 Å². The van der Waals surface area contributed by atoms with Gasteiger partial charge in [-0.15, -0.1) is 0 Å². The Hall–Kier alpha value is -2.41. The van der Waals surface area contributed by atoms with Gasteiger partial charge in [0.25, 0.3) is 0 Å². The van der Waals surface area contributed by atoms with Gasteiger partial charge < -0.3 is 15.7 Å². The topological polar surface area (TPSA) is 83.0 Å². The highest BCUT2D eigenvalue weighted by Gasteiger charge is 2.09. The van der Waals surface area contributed by atoms with Crippen molar-refractivity contribution in [1.29, 1.82) is 0 Å². The summed E-state index contributed by atoms with van der Waals surface area (Å²) in [5, 5.41) is 16.2. The molecule has 6 nitrogen and oxygen atoms in total. The van der Waals surface area contributed by atoms with Crippen LogP contribution < -0.4 is 10.6 Å². The number of benzene rings is 1. The van der Waals surface area contributed by atoms with Crippen LogP contribution in [0.5, 0.6) is 0 Å². The molecule has 0 saturated heterocycles. The molecule has 0 bridgehead atoms. The fraction of sp³-hybridized carbons (Fsp3) is 0.118. The third-order valence-corrected chi connectivity index (χ3v) is 3.83. The Morgan fingerprint density at radius 3 is 2.72 bits per heavy atom. The van der Waals surface area contributed by atoms with E-state index in [1.54, 1.807) is 36.7 Å². The Kier molecular flexibility index (Phi) is 5.65. The van der Waals surface area contributed by atoms with Crippen molar-refractivity contribution in [3.63, 3.8) is 0 Å². The predicted octanol–water partition coefficient (Wildman–Crippen LogP) is 3.99. The first-order valence-corrected chi connectivity index (χ1v) is 8.27. The van der Waals surface area contributed by atoms with Gasteiger partial charge in [-0.1, -0.05) is 23.2 Å². The minimum absolute atomic E-state index is 0.0244. The maximum Gasteiger partial charge on any atom is 0.225 e. The minimum Gasteiger partial charge on any atom is -0.395 e. The molecule has 128 valence electrons. The second kappa shape index (κ2) is 8.11. The maximum atomic E-state index is 9.01. The second-order valence-electron chi connectivity index (χ2n) is 5.10. The normalized spacial score (nSPS) is 10.5. The molecule has 8 heteroatoms. The molecule has 0 saturated carbocycles. The Morgan fingerprint density at radius 2 is 1.96 bits per heavy atom. The van der Waals surface area contributed by atoms with E-state index in [4.69, 9.17) is 28.3 Å². The van der Waals surface area contributed by atoms with Crippen LogP contribution in [-0.2, 0) is 0 Å². The van der Waals surface area contributed by atoms with E-state index in [0.29, 0.717) is 39.7 Å². The molecule has 0 fully saturated rings. The van der Waals surface area contributed by atoms with E-state index >= 15 is 0 Å². The number of aromatic nitrogens is 3. The molecule has 25 heavy (non-hydrogen) atoms. The average Bonchev–Trinajstić information content (AvgIpc) is 2.63. The van der Waals surface area contributed by atoms with Gasteiger partial charge in [-0.25, -0.2) is 4.98 Å². The third kappa shape index (κ3) is 4.57. The summed E-state index contributed by atoms with van der Waals surface area (Å²) in [6.45, 7) is 0.317. The molecule has 0 spiro atoms. The Balaban J connectivity index is 1.98. The van der Waals surface area contributed by atoms with Crippen molar-refractivity contribution in [2.45, 2.75) is 0 Å². The van der Waals surface area contributed by atoms with E-state index in [2.05, 4.69) is 25.6 Å². The van der Waals surface area contributed by atoms with Gasteiger partial charge in [0, 0.05) is 35.6 Å². The molecule has 2 heterocycles. The van der Waals surface area contributed by atoms with Crippen LogP contribution in [0.25, 0.3) is 11.3 Å². The maximum absolute atomic E-state index is 9.01. The number of anilines is 3. The standard InChI is InChI=1S/C17H15Cl2N5O/c18-12-3-4-13(19)15(8-12)22-16-9-14(11-2-1-5-20-10-11)23-17(24-16)21-6-7-25/h1-5,8-10,25H,6-7H2,(H2,21,22,23,24). The molecule has 0 aliphatic carbocycles. The SMILES string of the molecule is OCCNc1nc(Nc2cc(Cl)ccc2Cl)cc(-c2cccnc2)n1. The fourth-order valence-corrected chi connectivity index (χ4v) is 2.49. The van der Waals surface area contributed by atoms with Crippen LogP contribution >= 0.6 is 23.2 Å². The van der Waals surface area contributed by atoms with Crippen LogP contribution in [0.1, 0.15) is 0 Å². The molecule has 0 aliphatic heterocycles. The highest BCUT2D eigenvalue weighted by atomic mass is 35.5. The molecule has 0 unspecified atom stereocenters. The first-order chi connectivity index (χ1) is 12.2. The summed E-state index contributed by atoms with van der Waals surface area (Å²) >= 11 is 12.2. The lowest BCUT2D eigenvalue weighted by molar-refractivity contribution is 0.311. The first-order valence-electron chi connectivity index (χ1n) is 7.52. The van der Waals surface area contributed by atoms with Crippen molar-refractivity contribution >= 4 is 40.7 Å². The van der Waals surface area contributed by atoms with Crippen LogP contribution in [0.4, 0.5) is 17.5 Å². The van der Waals surface area contributed by atoms with Crippen LogP contribution in [0.15, 0.2) is 48.8 Å². The molecule has 0 radical (unpaired) electrons. The monoisotopic (exact) mass is 375 g/mol. The number of hydrogen-bond acceptors (Lipinski definition) is 6. The van der Waals surface area contributed by atoms with Gasteiger partial charge in [-0.3, -0.25) is 4.98 Å². The zero-order valence-corrected chi connectivity index (χ0v) is 14.6. The van der Waals surface area contributed by atoms with Gasteiger partial charge in [-0.05, 0) is 30.3 Å². The van der Waals surface area contributed by atoms with Crippen molar-refractivity contribution < 1.29 is 5.11 Å². The molecule has 0 atom stereocenters. The van der Waals surface area contributed by atoms with E-state index in [0.717, 1.165) is 5.56 Å². The molecule has 3 N–H and O–H groups in total. The van der Waals surface area contributed by atoms with Crippen molar-refractivity contribution in [2.24, 2.45) is 0 Å². The number of pyridine rings is 1. The zero-order chi connectivity index (χ0) is 17.6. The Bertz CT molecular complexity index is 861. The molecule has 0 amide bonds. The number of rotatable bonds is 6. The summed E-state index contributed by atoms with van der Waals surface area (Å²) in [6, 6.07) is 10.7. The van der Waals surface area contributed by atoms with Crippen LogP contribution in [-0.4, -0.2) is 33.2 Å². The summed E-state index contributed by atoms with van der Waals surface area (Å²) in [5.41, 5.74) is 2.17. The summed E-state index contributed by atoms with van der Waals surface area (Å²) < 4.78 is 0. The predicted molar refractivity (Wildman–Crippen MR) is 101 cm³/mol. The lowest BCUT2D eigenvalue weighted by atomic mass is 10.2. The number of nitrogens with one attached hydrogen (secondary N) is 2. The van der Waals surface area contributed by atoms with E-state index < -0.39 is 0 Å². The van der Waals surface area contributed by atoms with Crippen LogP contribution in [0, 0.1) is 0 Å². The lowest BCUT2D eigenvalue weighted by Crippen LogP contribution is -2.10. The molecule has 2 aromatic heterocycles. The van der Waals surface area contributed by atoms with Gasteiger partial charge in [-0.2, -0.15) is 4.98 Å². The quantitative estimate of drug-likeness (QED) is 0.603. The Labute approximate surface area is 154 Å². The van der Waals surface area contributed by atoms with Gasteiger partial charge in [0.1, 0.15) is 5.82 Å². The summed E-state index contributed by atoms with van der Waals surface area (Å²) in [7, 11) is 0. The smallest absolute Gasteiger partial charge is 0.225 e. The highest BCUT2D eigenvalue weighted by molar-refractivity contribution is 6.35. The molecule has 0 aliphatic rings. The number of halogens is 2. The molecular weight excluding hydrogens is 361 g/mol. The number of aliphatic hydroxyl groups is 1. The Morgan fingerprint density at radius 1 is 1.08 bits per heavy atom. The number of hydrogen-bond donors (Lipinski definition) is 3. The highest BCUT2D eigenvalue weighted by Crippen LogP contribution is 2.29. The van der Waals surface area contributed by atoms with Gasteiger partial charge in [0.05, 0.1) is 23.0 Å². The zero-order valence-electron chi connectivity index (χ0n) is 13.1. The fourth-order valence-electron chi connectivity index (χ4n) is 2.15. The second-order valence-corrected chi connectivity index (χ2v) is 5.95. The molecule has 1 aromatic carbocycles. The van der Waals surface area contributed by atoms with Crippen molar-refractivity contribution in [3.05, 3.63) is 58.8 Å². The van der Waals surface area contributed by atoms with Gasteiger partial charge in [0.2, 0.25) is 5.95 Å². The first kappa shape index (κ1) is 17.4. The van der Waals surface area contributed by atoms with Crippen molar-refractivity contribution in [1.82, 2.24) is 15.0 Å². The molecule has 3 rings (SSSR count). The van der Waals surface area contributed by atoms with Gasteiger partial charge in [0.15, 0.2) is 0 Å². The van der Waals surface area contributed by atoms with Crippen molar-refractivity contribution in [3.8, 4) is 11.3 Å².